The summed E-state index contributed by atoms with van der Waals surface area (Å²) in [5.74, 6) is -0.150. The van der Waals surface area contributed by atoms with E-state index < -0.39 is 0 Å². The Labute approximate surface area is 96.8 Å². The van der Waals surface area contributed by atoms with Crippen molar-refractivity contribution in [3.05, 3.63) is 33.8 Å². The van der Waals surface area contributed by atoms with Gasteiger partial charge in [-0.05, 0) is 24.1 Å². The second-order valence-corrected chi connectivity index (χ2v) is 4.13. The lowest BCUT2D eigenvalue weighted by Gasteiger charge is -2.06. The largest absolute Gasteiger partial charge is 0.351 e. The molecule has 2 nitrogen and oxygen atoms in total. The average molecular weight is 277 g/mol. The average Bonchev–Trinajstić information content (AvgIpc) is 2.16. The monoisotopic (exact) mass is 275 g/mol. The Balaban J connectivity index is 2.63. The fourth-order valence-electron chi connectivity index (χ4n) is 1.04. The van der Waals surface area contributed by atoms with Crippen LogP contribution in [0.25, 0.3) is 0 Å². The number of halogens is 2. The van der Waals surface area contributed by atoms with Crippen LogP contribution in [0.15, 0.2) is 22.7 Å². The topological polar surface area (TPSA) is 29.1 Å². The summed E-state index contributed by atoms with van der Waals surface area (Å²) in [5.41, 5.74) is 2.23. The van der Waals surface area contributed by atoms with Crippen LogP contribution >= 0.6 is 27.5 Å². The smallest absolute Gasteiger partial charge is 0.235 e. The molecule has 76 valence electrons. The van der Waals surface area contributed by atoms with Crippen LogP contribution in [-0.4, -0.2) is 11.8 Å². The van der Waals surface area contributed by atoms with E-state index in [2.05, 4.69) is 21.2 Å². The molecule has 0 saturated carbocycles. The van der Waals surface area contributed by atoms with Crippen LogP contribution in [0, 0.1) is 6.92 Å². The summed E-state index contributed by atoms with van der Waals surface area (Å²) < 4.78 is 1.01. The molecule has 0 aliphatic rings. The van der Waals surface area contributed by atoms with Gasteiger partial charge in [-0.25, -0.2) is 0 Å². The zero-order valence-corrected chi connectivity index (χ0v) is 10.2. The number of carbonyl (C=O) groups excluding carboxylic acids is 1. The zero-order chi connectivity index (χ0) is 10.6. The van der Waals surface area contributed by atoms with Gasteiger partial charge >= 0.3 is 0 Å². The maximum Gasteiger partial charge on any atom is 0.235 e. The van der Waals surface area contributed by atoms with E-state index in [4.69, 9.17) is 11.6 Å². The van der Waals surface area contributed by atoms with Gasteiger partial charge in [0, 0.05) is 11.0 Å². The van der Waals surface area contributed by atoms with Gasteiger partial charge in [0.15, 0.2) is 0 Å². The van der Waals surface area contributed by atoms with E-state index in [1.807, 2.05) is 25.1 Å². The third-order valence-electron chi connectivity index (χ3n) is 1.81. The first kappa shape index (κ1) is 11.5. The van der Waals surface area contributed by atoms with Crippen LogP contribution in [0.1, 0.15) is 11.1 Å². The summed E-state index contributed by atoms with van der Waals surface area (Å²) >= 11 is 8.79. The van der Waals surface area contributed by atoms with E-state index in [-0.39, 0.29) is 11.8 Å². The Morgan fingerprint density at radius 1 is 1.57 bits per heavy atom. The van der Waals surface area contributed by atoms with Crippen molar-refractivity contribution < 1.29 is 4.79 Å². The Morgan fingerprint density at radius 2 is 2.29 bits per heavy atom. The maximum atomic E-state index is 10.9. The van der Waals surface area contributed by atoms with Crippen LogP contribution in [0.5, 0.6) is 0 Å². The predicted molar refractivity (Wildman–Crippen MR) is 61.4 cm³/mol. The van der Waals surface area contributed by atoms with Crippen molar-refractivity contribution in [2.24, 2.45) is 0 Å². The number of amides is 1. The van der Waals surface area contributed by atoms with E-state index in [0.717, 1.165) is 10.0 Å². The number of hydrogen-bond acceptors (Lipinski definition) is 1. The predicted octanol–water partition coefficient (Wildman–Crippen LogP) is 2.61. The van der Waals surface area contributed by atoms with Gasteiger partial charge in [-0.1, -0.05) is 28.1 Å². The fourth-order valence-corrected chi connectivity index (χ4v) is 1.76. The standard InChI is InChI=1S/C10H11BrClNO/c1-7-2-3-8(9(11)4-7)6-13-10(14)5-12/h2-4H,5-6H2,1H3,(H,13,14). The number of nitrogens with one attached hydrogen (secondary N) is 1. The number of aryl methyl sites for hydroxylation is 1. The Morgan fingerprint density at radius 3 is 2.86 bits per heavy atom. The van der Waals surface area contributed by atoms with Crippen molar-refractivity contribution in [2.75, 3.05) is 5.88 Å². The minimum atomic E-state index is -0.154. The fraction of sp³-hybridized carbons (Fsp3) is 0.300. The molecule has 0 atom stereocenters. The van der Waals surface area contributed by atoms with E-state index in [1.165, 1.54) is 5.56 Å². The molecular formula is C10H11BrClNO. The van der Waals surface area contributed by atoms with Crippen LogP contribution in [0.4, 0.5) is 0 Å². The molecule has 0 bridgehead atoms. The minimum absolute atomic E-state index is 0.00345. The highest BCUT2D eigenvalue weighted by Crippen LogP contribution is 2.17. The number of alkyl halides is 1. The minimum Gasteiger partial charge on any atom is -0.351 e. The van der Waals surface area contributed by atoms with Gasteiger partial charge in [-0.15, -0.1) is 11.6 Å². The van der Waals surface area contributed by atoms with Gasteiger partial charge in [0.1, 0.15) is 5.88 Å². The molecule has 4 heteroatoms. The van der Waals surface area contributed by atoms with Crippen molar-refractivity contribution >= 4 is 33.4 Å². The summed E-state index contributed by atoms with van der Waals surface area (Å²) in [6.07, 6.45) is 0. The van der Waals surface area contributed by atoms with Crippen molar-refractivity contribution in [3.8, 4) is 0 Å². The molecule has 1 aromatic carbocycles. The molecule has 14 heavy (non-hydrogen) atoms. The van der Waals surface area contributed by atoms with E-state index in [0.29, 0.717) is 6.54 Å². The zero-order valence-electron chi connectivity index (χ0n) is 7.81. The maximum absolute atomic E-state index is 10.9. The van der Waals surface area contributed by atoms with Gasteiger partial charge in [0.2, 0.25) is 5.91 Å². The Bertz CT molecular complexity index is 341. The first-order valence-corrected chi connectivity index (χ1v) is 5.54. The van der Waals surface area contributed by atoms with Gasteiger partial charge in [-0.2, -0.15) is 0 Å². The molecule has 0 aliphatic carbocycles. The molecule has 0 aromatic heterocycles. The normalized spacial score (nSPS) is 9.93. The van der Waals surface area contributed by atoms with Gasteiger partial charge in [0.05, 0.1) is 0 Å². The van der Waals surface area contributed by atoms with Crippen molar-refractivity contribution in [3.63, 3.8) is 0 Å². The molecule has 0 saturated heterocycles. The summed E-state index contributed by atoms with van der Waals surface area (Å²) in [7, 11) is 0. The van der Waals surface area contributed by atoms with Gasteiger partial charge in [0.25, 0.3) is 0 Å². The number of carbonyl (C=O) groups is 1. The highest BCUT2D eigenvalue weighted by atomic mass is 79.9. The summed E-state index contributed by atoms with van der Waals surface area (Å²) in [6, 6.07) is 6.00. The molecule has 0 unspecified atom stereocenters. The van der Waals surface area contributed by atoms with Crippen LogP contribution < -0.4 is 5.32 Å². The lowest BCUT2D eigenvalue weighted by molar-refractivity contribution is -0.118. The third kappa shape index (κ3) is 3.31. The number of benzene rings is 1. The summed E-state index contributed by atoms with van der Waals surface area (Å²) in [4.78, 5) is 10.9. The first-order chi connectivity index (χ1) is 6.63. The van der Waals surface area contributed by atoms with Crippen molar-refractivity contribution in [1.82, 2.24) is 5.32 Å². The highest BCUT2D eigenvalue weighted by Gasteiger charge is 2.02. The first-order valence-electron chi connectivity index (χ1n) is 4.21. The van der Waals surface area contributed by atoms with E-state index in [9.17, 15) is 4.79 Å². The molecule has 0 heterocycles. The quantitative estimate of drug-likeness (QED) is 0.845. The molecule has 1 rings (SSSR count). The second-order valence-electron chi connectivity index (χ2n) is 3.01. The third-order valence-corrected chi connectivity index (χ3v) is 2.79. The Hall–Kier alpha value is -0.540. The molecule has 1 amide bonds. The second kappa shape index (κ2) is 5.37. The highest BCUT2D eigenvalue weighted by molar-refractivity contribution is 9.10. The molecular weight excluding hydrogens is 265 g/mol. The van der Waals surface area contributed by atoms with Gasteiger partial charge < -0.3 is 5.32 Å². The molecule has 1 N–H and O–H groups in total. The molecule has 0 aliphatic heterocycles. The van der Waals surface area contributed by atoms with Crippen molar-refractivity contribution in [2.45, 2.75) is 13.5 Å². The molecule has 0 radical (unpaired) electrons. The molecule has 1 aromatic rings. The SMILES string of the molecule is Cc1ccc(CNC(=O)CCl)c(Br)c1. The number of hydrogen-bond donors (Lipinski definition) is 1. The molecule has 0 fully saturated rings. The van der Waals surface area contributed by atoms with Crippen LogP contribution in [0.3, 0.4) is 0 Å². The van der Waals surface area contributed by atoms with Crippen LogP contribution in [-0.2, 0) is 11.3 Å². The Kier molecular flexibility index (Phi) is 4.42. The van der Waals surface area contributed by atoms with E-state index >= 15 is 0 Å². The molecule has 0 spiro atoms. The van der Waals surface area contributed by atoms with Crippen LogP contribution in [0.2, 0.25) is 0 Å². The van der Waals surface area contributed by atoms with E-state index in [1.54, 1.807) is 0 Å². The number of rotatable bonds is 3. The van der Waals surface area contributed by atoms with Crippen molar-refractivity contribution in [1.29, 1.82) is 0 Å². The van der Waals surface area contributed by atoms with Gasteiger partial charge in [-0.3, -0.25) is 4.79 Å². The summed E-state index contributed by atoms with van der Waals surface area (Å²) in [6.45, 7) is 2.53. The lowest BCUT2D eigenvalue weighted by Crippen LogP contribution is -2.23. The summed E-state index contributed by atoms with van der Waals surface area (Å²) in [5, 5.41) is 2.71. The lowest BCUT2D eigenvalue weighted by atomic mass is 10.1.